The molecule has 32 heavy (non-hydrogen) atoms. The molecule has 0 unspecified atom stereocenters. The molecule has 2 aromatic carbocycles. The first-order valence-corrected chi connectivity index (χ1v) is 10.4. The number of halogens is 1. The van der Waals surface area contributed by atoms with Crippen molar-refractivity contribution < 1.29 is 28.4 Å². The van der Waals surface area contributed by atoms with Gasteiger partial charge in [0.2, 0.25) is 0 Å². The number of ketones is 1. The number of rotatable bonds is 9. The van der Waals surface area contributed by atoms with Crippen molar-refractivity contribution >= 4 is 23.4 Å². The fraction of sp³-hybridized carbons (Fsp3) is 0.240. The molecule has 0 atom stereocenters. The summed E-state index contributed by atoms with van der Waals surface area (Å²) < 4.78 is 17.3. The number of Topliss-reactive ketones (excluding diaryl/α,β-unsaturated/α-hetero) is 1. The number of aromatic nitrogens is 1. The normalized spacial score (nSPS) is 10.5. The van der Waals surface area contributed by atoms with Gasteiger partial charge in [0, 0.05) is 28.6 Å². The number of carbonyl (C=O) groups excluding carboxylic acids is 2. The summed E-state index contributed by atoms with van der Waals surface area (Å²) in [5.74, 6) is 0.552. The molecule has 7 heteroatoms. The third kappa shape index (κ3) is 5.65. The topological polar surface area (TPSA) is 65.7 Å². The zero-order valence-corrected chi connectivity index (χ0v) is 19.0. The minimum Gasteiger partial charge on any atom is -0.493 e. The van der Waals surface area contributed by atoms with E-state index in [1.54, 1.807) is 31.5 Å². The number of ether oxygens (including phenoxy) is 3. The van der Waals surface area contributed by atoms with Crippen LogP contribution in [0.1, 0.15) is 38.3 Å². The molecule has 3 rings (SSSR count). The van der Waals surface area contributed by atoms with Crippen molar-refractivity contribution in [2.75, 3.05) is 21.3 Å². The SMILES string of the molecule is COC(=O)c1c[n+](Cc2cccc(Cl)c2)ccc1CCC(=O)c1ccc(OC)c(OC)c1. The Bertz CT molecular complexity index is 1130. The summed E-state index contributed by atoms with van der Waals surface area (Å²) in [6.45, 7) is 0.551. The van der Waals surface area contributed by atoms with Crippen LogP contribution in [0, 0.1) is 0 Å². The lowest BCUT2D eigenvalue weighted by Crippen LogP contribution is -2.35. The first-order chi connectivity index (χ1) is 15.4. The molecular weight excluding hydrogens is 430 g/mol. The maximum absolute atomic E-state index is 12.7. The van der Waals surface area contributed by atoms with E-state index in [2.05, 4.69) is 0 Å². The minimum absolute atomic E-state index is 0.0579. The first kappa shape index (κ1) is 23.3. The molecule has 0 aliphatic rings. The summed E-state index contributed by atoms with van der Waals surface area (Å²) in [5.41, 5.74) is 2.70. The Morgan fingerprint density at radius 1 is 0.969 bits per heavy atom. The Labute approximate surface area is 192 Å². The maximum atomic E-state index is 12.7. The summed E-state index contributed by atoms with van der Waals surface area (Å²) in [5, 5.41) is 0.654. The van der Waals surface area contributed by atoms with E-state index in [1.165, 1.54) is 14.2 Å². The van der Waals surface area contributed by atoms with Crippen LogP contribution in [0.4, 0.5) is 0 Å². The number of aryl methyl sites for hydroxylation is 1. The highest BCUT2D eigenvalue weighted by molar-refractivity contribution is 6.30. The molecule has 0 bridgehead atoms. The van der Waals surface area contributed by atoms with E-state index >= 15 is 0 Å². The van der Waals surface area contributed by atoms with Gasteiger partial charge in [-0.1, -0.05) is 23.7 Å². The highest BCUT2D eigenvalue weighted by atomic mass is 35.5. The van der Waals surface area contributed by atoms with Gasteiger partial charge in [0.25, 0.3) is 0 Å². The predicted octanol–water partition coefficient (Wildman–Crippen LogP) is 4.30. The molecule has 3 aromatic rings. The van der Waals surface area contributed by atoms with Crippen molar-refractivity contribution in [3.63, 3.8) is 0 Å². The molecular formula is C25H25ClNO5+. The van der Waals surface area contributed by atoms with Crippen LogP contribution in [0.5, 0.6) is 11.5 Å². The lowest BCUT2D eigenvalue weighted by atomic mass is 10.00. The molecule has 0 radical (unpaired) electrons. The van der Waals surface area contributed by atoms with Gasteiger partial charge in [-0.15, -0.1) is 0 Å². The average molecular weight is 455 g/mol. The van der Waals surface area contributed by atoms with E-state index in [9.17, 15) is 9.59 Å². The lowest BCUT2D eigenvalue weighted by Gasteiger charge is -2.10. The van der Waals surface area contributed by atoms with Crippen molar-refractivity contribution in [3.05, 3.63) is 88.2 Å². The summed E-state index contributed by atoms with van der Waals surface area (Å²) in [7, 11) is 4.41. The Morgan fingerprint density at radius 3 is 2.44 bits per heavy atom. The number of pyridine rings is 1. The van der Waals surface area contributed by atoms with Gasteiger partial charge in [-0.05, 0) is 42.3 Å². The van der Waals surface area contributed by atoms with E-state index in [-0.39, 0.29) is 12.2 Å². The number of hydrogen-bond acceptors (Lipinski definition) is 5. The first-order valence-electron chi connectivity index (χ1n) is 10.0. The van der Waals surface area contributed by atoms with E-state index in [0.29, 0.717) is 40.6 Å². The second-order valence-corrected chi connectivity index (χ2v) is 7.61. The molecule has 0 saturated carbocycles. The van der Waals surface area contributed by atoms with Gasteiger partial charge in [0.1, 0.15) is 5.56 Å². The van der Waals surface area contributed by atoms with Gasteiger partial charge >= 0.3 is 5.97 Å². The second-order valence-electron chi connectivity index (χ2n) is 7.17. The van der Waals surface area contributed by atoms with Crippen LogP contribution in [0.25, 0.3) is 0 Å². The lowest BCUT2D eigenvalue weighted by molar-refractivity contribution is -0.688. The predicted molar refractivity (Wildman–Crippen MR) is 121 cm³/mol. The molecule has 0 saturated heterocycles. The Balaban J connectivity index is 1.78. The summed E-state index contributed by atoms with van der Waals surface area (Å²) in [6.07, 6.45) is 4.25. The van der Waals surface area contributed by atoms with Crippen molar-refractivity contribution in [1.82, 2.24) is 0 Å². The fourth-order valence-electron chi connectivity index (χ4n) is 3.43. The zero-order valence-electron chi connectivity index (χ0n) is 18.3. The summed E-state index contributed by atoms with van der Waals surface area (Å²) in [4.78, 5) is 25.1. The molecule has 0 aliphatic heterocycles. The van der Waals surface area contributed by atoms with Crippen LogP contribution in [-0.4, -0.2) is 33.1 Å². The Kier molecular flexibility index (Phi) is 7.84. The van der Waals surface area contributed by atoms with Crippen molar-refractivity contribution in [2.45, 2.75) is 19.4 Å². The van der Waals surface area contributed by atoms with Crippen LogP contribution < -0.4 is 14.0 Å². The van der Waals surface area contributed by atoms with Gasteiger partial charge in [-0.25, -0.2) is 4.79 Å². The van der Waals surface area contributed by atoms with Gasteiger partial charge in [-0.2, -0.15) is 4.57 Å². The van der Waals surface area contributed by atoms with Crippen molar-refractivity contribution in [2.24, 2.45) is 0 Å². The standard InChI is InChI=1S/C25H25ClNO5/c1-30-23-10-8-19(14-24(23)31-2)22(28)9-7-18-11-12-27(16-21(18)25(29)32-3)15-17-5-4-6-20(26)13-17/h4-6,8,10-14,16H,7,9,15H2,1-3H3/q+1. The Hall–Kier alpha value is -3.38. The number of methoxy groups -OCH3 is 3. The van der Waals surface area contributed by atoms with E-state index in [0.717, 1.165) is 11.1 Å². The van der Waals surface area contributed by atoms with Crippen molar-refractivity contribution in [1.29, 1.82) is 0 Å². The molecule has 166 valence electrons. The largest absolute Gasteiger partial charge is 0.493 e. The molecule has 0 amide bonds. The summed E-state index contributed by atoms with van der Waals surface area (Å²) >= 11 is 6.07. The number of benzene rings is 2. The van der Waals surface area contributed by atoms with Gasteiger partial charge < -0.3 is 14.2 Å². The second kappa shape index (κ2) is 10.8. The highest BCUT2D eigenvalue weighted by Gasteiger charge is 2.19. The molecule has 0 N–H and O–H groups in total. The molecule has 0 aliphatic carbocycles. The molecule has 0 fully saturated rings. The van der Waals surface area contributed by atoms with Gasteiger partial charge in [0.05, 0.1) is 21.3 Å². The smallest absolute Gasteiger partial charge is 0.344 e. The van der Waals surface area contributed by atoms with Crippen LogP contribution in [0.3, 0.4) is 0 Å². The molecule has 0 spiro atoms. The van der Waals surface area contributed by atoms with E-state index in [1.807, 2.05) is 41.1 Å². The third-order valence-electron chi connectivity index (χ3n) is 5.09. The minimum atomic E-state index is -0.445. The number of nitrogens with zero attached hydrogens (tertiary/aromatic N) is 1. The highest BCUT2D eigenvalue weighted by Crippen LogP contribution is 2.28. The monoisotopic (exact) mass is 454 g/mol. The van der Waals surface area contributed by atoms with Gasteiger partial charge in [-0.3, -0.25) is 4.79 Å². The number of hydrogen-bond donors (Lipinski definition) is 0. The fourth-order valence-corrected chi connectivity index (χ4v) is 3.64. The van der Waals surface area contributed by atoms with Crippen molar-refractivity contribution in [3.8, 4) is 11.5 Å². The van der Waals surface area contributed by atoms with Crippen LogP contribution >= 0.6 is 11.6 Å². The van der Waals surface area contributed by atoms with Gasteiger partial charge in [0.15, 0.2) is 36.2 Å². The van der Waals surface area contributed by atoms with Crippen LogP contribution in [0.15, 0.2) is 60.9 Å². The third-order valence-corrected chi connectivity index (χ3v) is 5.33. The van der Waals surface area contributed by atoms with E-state index in [4.69, 9.17) is 25.8 Å². The quantitative estimate of drug-likeness (QED) is 0.274. The zero-order chi connectivity index (χ0) is 23.1. The Morgan fingerprint density at radius 2 is 1.75 bits per heavy atom. The van der Waals surface area contributed by atoms with Crippen LogP contribution in [0.2, 0.25) is 5.02 Å². The average Bonchev–Trinajstić information content (AvgIpc) is 2.81. The number of esters is 1. The molecule has 1 aromatic heterocycles. The number of carbonyl (C=O) groups is 2. The summed E-state index contributed by atoms with van der Waals surface area (Å²) in [6, 6.07) is 14.4. The van der Waals surface area contributed by atoms with E-state index < -0.39 is 5.97 Å². The van der Waals surface area contributed by atoms with Crippen LogP contribution in [-0.2, 0) is 17.7 Å². The molecule has 6 nitrogen and oxygen atoms in total. The molecule has 1 heterocycles. The maximum Gasteiger partial charge on any atom is 0.344 e.